The fourth-order valence-corrected chi connectivity index (χ4v) is 3.80. The Labute approximate surface area is 179 Å². The zero-order valence-corrected chi connectivity index (χ0v) is 20.0. The van der Waals surface area contributed by atoms with Crippen LogP contribution in [0.25, 0.3) is 0 Å². The van der Waals surface area contributed by atoms with Crippen LogP contribution in [0.2, 0.25) is 0 Å². The molecule has 0 amide bonds. The SMILES string of the molecule is CCNC(=NCc1ccc(S(C)(=O)=O)c(C)c1)NCCNS(=O)(=O)CC.I. The number of hydrogen-bond acceptors (Lipinski definition) is 5. The Morgan fingerprint density at radius 3 is 2.26 bits per heavy atom. The van der Waals surface area contributed by atoms with Gasteiger partial charge in [0.1, 0.15) is 0 Å². The van der Waals surface area contributed by atoms with Gasteiger partial charge < -0.3 is 10.6 Å². The van der Waals surface area contributed by atoms with Crippen LogP contribution >= 0.6 is 24.0 Å². The maximum absolute atomic E-state index is 11.7. The molecule has 0 spiro atoms. The van der Waals surface area contributed by atoms with Crippen molar-refractivity contribution in [3.8, 4) is 0 Å². The summed E-state index contributed by atoms with van der Waals surface area (Å²) >= 11 is 0. The highest BCUT2D eigenvalue weighted by atomic mass is 127. The lowest BCUT2D eigenvalue weighted by Crippen LogP contribution is -2.41. The minimum absolute atomic E-state index is 0. The molecule has 0 saturated carbocycles. The molecule has 11 heteroatoms. The number of rotatable bonds is 9. The molecule has 1 aromatic rings. The third-order valence-corrected chi connectivity index (χ3v) is 6.18. The summed E-state index contributed by atoms with van der Waals surface area (Å²) in [6.45, 7) is 6.98. The van der Waals surface area contributed by atoms with Crippen molar-refractivity contribution >= 4 is 49.8 Å². The van der Waals surface area contributed by atoms with E-state index in [-0.39, 0.29) is 36.3 Å². The average molecular weight is 532 g/mol. The average Bonchev–Trinajstić information content (AvgIpc) is 2.55. The molecule has 0 saturated heterocycles. The summed E-state index contributed by atoms with van der Waals surface area (Å²) in [5.74, 6) is 0.609. The molecule has 27 heavy (non-hydrogen) atoms. The molecule has 0 aliphatic rings. The van der Waals surface area contributed by atoms with Gasteiger partial charge in [-0.25, -0.2) is 26.6 Å². The Balaban J connectivity index is 0.00000676. The van der Waals surface area contributed by atoms with Gasteiger partial charge in [-0.15, -0.1) is 24.0 Å². The van der Waals surface area contributed by atoms with Crippen molar-refractivity contribution in [1.82, 2.24) is 15.4 Å². The van der Waals surface area contributed by atoms with E-state index in [1.165, 1.54) is 6.26 Å². The molecule has 1 aromatic carbocycles. The van der Waals surface area contributed by atoms with Crippen LogP contribution in [0.4, 0.5) is 0 Å². The standard InChI is InChI=1S/C16H28N4O4S2.HI/c1-5-17-16(18-9-10-20-26(23,24)6-2)19-12-14-7-8-15(13(3)11-14)25(4,21)22;/h7-8,11,20H,5-6,9-10,12H2,1-4H3,(H2,17,18,19);1H. The molecule has 1 rings (SSSR count). The molecule has 0 aliphatic heterocycles. The van der Waals surface area contributed by atoms with Gasteiger partial charge in [-0.2, -0.15) is 0 Å². The highest BCUT2D eigenvalue weighted by molar-refractivity contribution is 14.0. The Hall–Kier alpha value is -0.920. The third kappa shape index (κ3) is 9.72. The van der Waals surface area contributed by atoms with E-state index < -0.39 is 19.9 Å². The Kier molecular flexibility index (Phi) is 11.4. The fourth-order valence-electron chi connectivity index (χ4n) is 2.23. The van der Waals surface area contributed by atoms with Crippen molar-refractivity contribution in [3.63, 3.8) is 0 Å². The lowest BCUT2D eigenvalue weighted by Gasteiger charge is -2.12. The molecule has 156 valence electrons. The third-order valence-electron chi connectivity index (χ3n) is 3.52. The predicted octanol–water partition coefficient (Wildman–Crippen LogP) is 1.01. The summed E-state index contributed by atoms with van der Waals surface area (Å²) in [5.41, 5.74) is 1.57. The van der Waals surface area contributed by atoms with Crippen molar-refractivity contribution in [2.45, 2.75) is 32.2 Å². The van der Waals surface area contributed by atoms with Crippen LogP contribution in [0.3, 0.4) is 0 Å². The Bertz CT molecular complexity index is 840. The minimum Gasteiger partial charge on any atom is -0.357 e. The van der Waals surface area contributed by atoms with E-state index in [1.807, 2.05) is 6.92 Å². The second kappa shape index (κ2) is 11.8. The van der Waals surface area contributed by atoms with Crippen molar-refractivity contribution < 1.29 is 16.8 Å². The van der Waals surface area contributed by atoms with Gasteiger partial charge in [0.25, 0.3) is 0 Å². The topological polar surface area (TPSA) is 117 Å². The number of nitrogens with zero attached hydrogens (tertiary/aromatic N) is 1. The highest BCUT2D eigenvalue weighted by Gasteiger charge is 2.10. The normalized spacial score (nSPS) is 12.4. The zero-order valence-electron chi connectivity index (χ0n) is 16.1. The Morgan fingerprint density at radius 1 is 1.07 bits per heavy atom. The summed E-state index contributed by atoms with van der Waals surface area (Å²) in [4.78, 5) is 4.76. The van der Waals surface area contributed by atoms with Crippen LogP contribution in [-0.2, 0) is 26.4 Å². The van der Waals surface area contributed by atoms with Crippen LogP contribution < -0.4 is 15.4 Å². The number of halogens is 1. The van der Waals surface area contributed by atoms with Crippen molar-refractivity contribution in [2.24, 2.45) is 4.99 Å². The molecule has 0 radical (unpaired) electrons. The molecule has 0 atom stereocenters. The summed E-state index contributed by atoms with van der Waals surface area (Å²) in [5, 5.41) is 6.13. The lowest BCUT2D eigenvalue weighted by atomic mass is 10.1. The summed E-state index contributed by atoms with van der Waals surface area (Å²) in [6, 6.07) is 5.14. The molecule has 0 aromatic heterocycles. The van der Waals surface area contributed by atoms with Gasteiger partial charge in [-0.1, -0.05) is 12.1 Å². The molecule has 3 N–H and O–H groups in total. The highest BCUT2D eigenvalue weighted by Crippen LogP contribution is 2.17. The van der Waals surface area contributed by atoms with E-state index in [9.17, 15) is 16.8 Å². The van der Waals surface area contributed by atoms with E-state index in [1.54, 1.807) is 32.0 Å². The van der Waals surface area contributed by atoms with E-state index in [2.05, 4.69) is 20.3 Å². The first-order valence-corrected chi connectivity index (χ1v) is 11.9. The van der Waals surface area contributed by atoms with Crippen LogP contribution in [0, 0.1) is 6.92 Å². The molecule has 0 fully saturated rings. The number of aliphatic imine (C=N–C) groups is 1. The number of nitrogens with one attached hydrogen (secondary N) is 3. The van der Waals surface area contributed by atoms with Crippen molar-refractivity contribution in [2.75, 3.05) is 31.6 Å². The van der Waals surface area contributed by atoms with Gasteiger partial charge >= 0.3 is 0 Å². The summed E-state index contributed by atoms with van der Waals surface area (Å²) in [6.07, 6.45) is 1.19. The van der Waals surface area contributed by atoms with Crippen LogP contribution in [0.15, 0.2) is 28.1 Å². The first-order chi connectivity index (χ1) is 12.1. The van der Waals surface area contributed by atoms with E-state index in [0.29, 0.717) is 36.1 Å². The van der Waals surface area contributed by atoms with Gasteiger partial charge in [-0.3, -0.25) is 0 Å². The Morgan fingerprint density at radius 2 is 1.74 bits per heavy atom. The lowest BCUT2D eigenvalue weighted by molar-refractivity contribution is 0.581. The number of benzene rings is 1. The monoisotopic (exact) mass is 532 g/mol. The molecular weight excluding hydrogens is 503 g/mol. The second-order valence-corrected chi connectivity index (χ2v) is 9.87. The van der Waals surface area contributed by atoms with Crippen LogP contribution in [0.5, 0.6) is 0 Å². The number of sulfone groups is 1. The maximum Gasteiger partial charge on any atom is 0.211 e. The smallest absolute Gasteiger partial charge is 0.211 e. The molecule has 0 unspecified atom stereocenters. The maximum atomic E-state index is 11.7. The predicted molar refractivity (Wildman–Crippen MR) is 120 cm³/mol. The summed E-state index contributed by atoms with van der Waals surface area (Å²) < 4.78 is 48.6. The number of sulfonamides is 1. The molecular formula is C16H29IN4O4S2. The van der Waals surface area contributed by atoms with Crippen molar-refractivity contribution in [1.29, 1.82) is 0 Å². The van der Waals surface area contributed by atoms with Gasteiger partial charge in [0.05, 0.1) is 17.2 Å². The zero-order chi connectivity index (χ0) is 19.8. The fraction of sp³-hybridized carbons (Fsp3) is 0.562. The van der Waals surface area contributed by atoms with Gasteiger partial charge in [0, 0.05) is 25.9 Å². The minimum atomic E-state index is -3.24. The first-order valence-electron chi connectivity index (χ1n) is 8.38. The number of guanidine groups is 1. The van der Waals surface area contributed by atoms with E-state index in [0.717, 1.165) is 5.56 Å². The molecule has 0 bridgehead atoms. The van der Waals surface area contributed by atoms with Gasteiger partial charge in [-0.05, 0) is 38.0 Å². The van der Waals surface area contributed by atoms with Crippen LogP contribution in [-0.4, -0.2) is 54.4 Å². The second-order valence-electron chi connectivity index (χ2n) is 5.79. The number of hydrogen-bond donors (Lipinski definition) is 3. The van der Waals surface area contributed by atoms with E-state index in [4.69, 9.17) is 0 Å². The van der Waals surface area contributed by atoms with Gasteiger partial charge in [0.15, 0.2) is 15.8 Å². The molecule has 0 aliphatic carbocycles. The molecule has 8 nitrogen and oxygen atoms in total. The van der Waals surface area contributed by atoms with Crippen LogP contribution in [0.1, 0.15) is 25.0 Å². The van der Waals surface area contributed by atoms with E-state index >= 15 is 0 Å². The quantitative estimate of drug-likeness (QED) is 0.189. The van der Waals surface area contributed by atoms with Crippen molar-refractivity contribution in [3.05, 3.63) is 29.3 Å². The van der Waals surface area contributed by atoms with Gasteiger partial charge in [0.2, 0.25) is 10.0 Å². The number of aryl methyl sites for hydroxylation is 1. The largest absolute Gasteiger partial charge is 0.357 e. The molecule has 0 heterocycles. The summed E-state index contributed by atoms with van der Waals surface area (Å²) in [7, 11) is -6.44. The first kappa shape index (κ1) is 26.1.